The Labute approximate surface area is 115 Å². The molecule has 0 aromatic carbocycles. The maximum absolute atomic E-state index is 4.25. The first-order chi connectivity index (χ1) is 8.76. The van der Waals surface area contributed by atoms with Crippen LogP contribution >= 0.6 is 11.3 Å². The van der Waals surface area contributed by atoms with E-state index in [0.717, 1.165) is 12.5 Å². The summed E-state index contributed by atoms with van der Waals surface area (Å²) < 4.78 is 0. The van der Waals surface area contributed by atoms with Gasteiger partial charge in [-0.15, -0.1) is 11.3 Å². The summed E-state index contributed by atoms with van der Waals surface area (Å²) >= 11 is 1.77. The zero-order chi connectivity index (χ0) is 13.2. The second-order valence-corrected chi connectivity index (χ2v) is 5.58. The molecule has 0 amide bonds. The maximum Gasteiger partial charge on any atom is 0.191 e. The summed E-state index contributed by atoms with van der Waals surface area (Å²) in [6, 6.07) is 4.69. The number of aliphatic imine (C=N–C) groups is 1. The van der Waals surface area contributed by atoms with Crippen LogP contribution in [-0.4, -0.2) is 19.0 Å². The van der Waals surface area contributed by atoms with Gasteiger partial charge in [0.1, 0.15) is 0 Å². The molecule has 0 saturated carbocycles. The number of thiophene rings is 1. The third-order valence-corrected chi connectivity index (χ3v) is 3.73. The van der Waals surface area contributed by atoms with Gasteiger partial charge < -0.3 is 10.6 Å². The van der Waals surface area contributed by atoms with Crippen LogP contribution in [0, 0.1) is 0 Å². The molecule has 1 atom stereocenters. The molecule has 3 nitrogen and oxygen atoms in total. The third-order valence-electron chi connectivity index (χ3n) is 2.86. The van der Waals surface area contributed by atoms with Crippen molar-refractivity contribution < 1.29 is 0 Å². The smallest absolute Gasteiger partial charge is 0.191 e. The predicted octanol–water partition coefficient (Wildman–Crippen LogP) is 3.38. The Hall–Kier alpha value is -1.03. The summed E-state index contributed by atoms with van der Waals surface area (Å²) in [5.74, 6) is 0.896. The number of hydrogen-bond donors (Lipinski definition) is 2. The largest absolute Gasteiger partial charge is 0.354 e. The van der Waals surface area contributed by atoms with Crippen molar-refractivity contribution in [2.24, 2.45) is 4.99 Å². The highest BCUT2D eigenvalue weighted by atomic mass is 32.1. The molecular formula is C14H25N3S. The lowest BCUT2D eigenvalue weighted by molar-refractivity contribution is 0.547. The molecule has 1 aromatic heterocycles. The van der Waals surface area contributed by atoms with Gasteiger partial charge in [0.15, 0.2) is 5.96 Å². The van der Waals surface area contributed by atoms with Crippen LogP contribution in [0.15, 0.2) is 22.5 Å². The molecule has 4 heteroatoms. The van der Waals surface area contributed by atoms with Crippen LogP contribution in [0.5, 0.6) is 0 Å². The zero-order valence-electron chi connectivity index (χ0n) is 11.7. The van der Waals surface area contributed by atoms with Crippen LogP contribution in [0.4, 0.5) is 0 Å². The fraction of sp³-hybridized carbons (Fsp3) is 0.643. The van der Waals surface area contributed by atoms with Crippen molar-refractivity contribution in [2.45, 2.75) is 52.1 Å². The first-order valence-corrected chi connectivity index (χ1v) is 7.63. The Morgan fingerprint density at radius 3 is 2.89 bits per heavy atom. The molecule has 1 rings (SSSR count). The number of hydrogen-bond acceptors (Lipinski definition) is 2. The summed E-state index contributed by atoms with van der Waals surface area (Å²) in [6.07, 6.45) is 5.07. The molecule has 102 valence electrons. The van der Waals surface area contributed by atoms with Gasteiger partial charge in [-0.1, -0.05) is 32.3 Å². The maximum atomic E-state index is 4.25. The van der Waals surface area contributed by atoms with Gasteiger partial charge in [0.2, 0.25) is 0 Å². The predicted molar refractivity (Wildman–Crippen MR) is 81.3 cm³/mol. The van der Waals surface area contributed by atoms with Crippen molar-refractivity contribution in [3.63, 3.8) is 0 Å². The van der Waals surface area contributed by atoms with Gasteiger partial charge >= 0.3 is 0 Å². The molecule has 0 aliphatic rings. The van der Waals surface area contributed by atoms with Crippen molar-refractivity contribution in [3.05, 3.63) is 22.4 Å². The van der Waals surface area contributed by atoms with Crippen molar-refractivity contribution in [2.75, 3.05) is 7.05 Å². The molecule has 0 radical (unpaired) electrons. The van der Waals surface area contributed by atoms with Gasteiger partial charge in [-0.2, -0.15) is 0 Å². The normalized spacial score (nSPS) is 13.4. The summed E-state index contributed by atoms with van der Waals surface area (Å²) in [5.41, 5.74) is 0. The average Bonchev–Trinajstić information content (AvgIpc) is 2.88. The summed E-state index contributed by atoms with van der Waals surface area (Å²) in [4.78, 5) is 5.58. The second kappa shape index (κ2) is 8.97. The van der Waals surface area contributed by atoms with Gasteiger partial charge in [0.25, 0.3) is 0 Å². The van der Waals surface area contributed by atoms with Gasteiger partial charge in [-0.3, -0.25) is 4.99 Å². The Morgan fingerprint density at radius 2 is 2.28 bits per heavy atom. The summed E-state index contributed by atoms with van der Waals surface area (Å²) in [6.45, 7) is 5.30. The number of unbranched alkanes of at least 4 members (excludes halogenated alkanes) is 2. The van der Waals surface area contributed by atoms with Crippen LogP contribution < -0.4 is 10.6 Å². The van der Waals surface area contributed by atoms with Crippen LogP contribution in [-0.2, 0) is 6.54 Å². The highest BCUT2D eigenvalue weighted by molar-refractivity contribution is 7.09. The van der Waals surface area contributed by atoms with E-state index in [-0.39, 0.29) is 0 Å². The van der Waals surface area contributed by atoms with Gasteiger partial charge in [-0.25, -0.2) is 0 Å². The van der Waals surface area contributed by atoms with E-state index in [9.17, 15) is 0 Å². The monoisotopic (exact) mass is 267 g/mol. The molecule has 0 bridgehead atoms. The van der Waals surface area contributed by atoms with Crippen LogP contribution in [0.2, 0.25) is 0 Å². The topological polar surface area (TPSA) is 36.4 Å². The van der Waals surface area contributed by atoms with E-state index < -0.39 is 0 Å². The van der Waals surface area contributed by atoms with Crippen LogP contribution in [0.1, 0.15) is 44.4 Å². The lowest BCUT2D eigenvalue weighted by Gasteiger charge is -2.17. The Balaban J connectivity index is 2.24. The van der Waals surface area contributed by atoms with Crippen molar-refractivity contribution in [1.82, 2.24) is 10.6 Å². The fourth-order valence-electron chi connectivity index (χ4n) is 1.78. The van der Waals surface area contributed by atoms with E-state index in [2.05, 4.69) is 47.0 Å². The lowest BCUT2D eigenvalue weighted by atomic mass is 10.1. The molecular weight excluding hydrogens is 242 g/mol. The van der Waals surface area contributed by atoms with Crippen LogP contribution in [0.25, 0.3) is 0 Å². The molecule has 18 heavy (non-hydrogen) atoms. The SMILES string of the molecule is CCCCCC(C)NC(=NC)NCc1cccs1. The van der Waals surface area contributed by atoms with Gasteiger partial charge in [0, 0.05) is 18.0 Å². The first kappa shape index (κ1) is 15.0. The van der Waals surface area contributed by atoms with Crippen molar-refractivity contribution in [1.29, 1.82) is 0 Å². The number of nitrogens with one attached hydrogen (secondary N) is 2. The lowest BCUT2D eigenvalue weighted by Crippen LogP contribution is -2.41. The van der Waals surface area contributed by atoms with E-state index >= 15 is 0 Å². The van der Waals surface area contributed by atoms with Crippen molar-refractivity contribution >= 4 is 17.3 Å². The van der Waals surface area contributed by atoms with E-state index in [1.54, 1.807) is 11.3 Å². The molecule has 2 N–H and O–H groups in total. The van der Waals surface area contributed by atoms with E-state index in [1.807, 2.05) is 7.05 Å². The van der Waals surface area contributed by atoms with Gasteiger partial charge in [0.05, 0.1) is 6.54 Å². The third kappa shape index (κ3) is 6.05. The Morgan fingerprint density at radius 1 is 1.44 bits per heavy atom. The molecule has 0 fully saturated rings. The Bertz CT molecular complexity index is 333. The van der Waals surface area contributed by atoms with Crippen molar-refractivity contribution in [3.8, 4) is 0 Å². The molecule has 0 aliphatic heterocycles. The number of nitrogens with zero attached hydrogens (tertiary/aromatic N) is 1. The molecule has 0 spiro atoms. The standard InChI is InChI=1S/C14H25N3S/c1-4-5-6-8-12(2)17-14(15-3)16-11-13-9-7-10-18-13/h7,9-10,12H,4-6,8,11H2,1-3H3,(H2,15,16,17). The van der Waals surface area contributed by atoms with E-state index in [4.69, 9.17) is 0 Å². The molecule has 1 aromatic rings. The fourth-order valence-corrected chi connectivity index (χ4v) is 2.43. The Kier molecular flexibility index (Phi) is 7.49. The summed E-state index contributed by atoms with van der Waals surface area (Å²) in [5, 5.41) is 8.87. The van der Waals surface area contributed by atoms with E-state index in [0.29, 0.717) is 6.04 Å². The minimum atomic E-state index is 0.478. The molecule has 1 unspecified atom stereocenters. The molecule has 0 saturated heterocycles. The van der Waals surface area contributed by atoms with Gasteiger partial charge in [-0.05, 0) is 24.8 Å². The highest BCUT2D eigenvalue weighted by Crippen LogP contribution is 2.07. The van der Waals surface area contributed by atoms with E-state index in [1.165, 1.54) is 30.6 Å². The van der Waals surface area contributed by atoms with Crippen LogP contribution in [0.3, 0.4) is 0 Å². The highest BCUT2D eigenvalue weighted by Gasteiger charge is 2.04. The molecule has 1 heterocycles. The summed E-state index contributed by atoms with van der Waals surface area (Å²) in [7, 11) is 1.82. The minimum absolute atomic E-state index is 0.478. The quantitative estimate of drug-likeness (QED) is 0.451. The number of rotatable bonds is 7. The first-order valence-electron chi connectivity index (χ1n) is 6.75. The second-order valence-electron chi connectivity index (χ2n) is 4.55. The zero-order valence-corrected chi connectivity index (χ0v) is 12.5. The minimum Gasteiger partial charge on any atom is -0.354 e. The molecule has 0 aliphatic carbocycles. The number of guanidine groups is 1. The average molecular weight is 267 g/mol.